The molecule has 2 aromatic carbocycles. The molecule has 1 saturated heterocycles. The van der Waals surface area contributed by atoms with Crippen molar-refractivity contribution in [2.75, 3.05) is 11.5 Å². The van der Waals surface area contributed by atoms with Crippen LogP contribution in [0.5, 0.6) is 0 Å². The van der Waals surface area contributed by atoms with Crippen LogP contribution in [0.15, 0.2) is 60.7 Å². The van der Waals surface area contributed by atoms with E-state index in [1.165, 1.54) is 0 Å². The Morgan fingerprint density at radius 1 is 0.739 bits per heavy atom. The fourth-order valence-electron chi connectivity index (χ4n) is 2.65. The van der Waals surface area contributed by atoms with Gasteiger partial charge in [-0.1, -0.05) is 60.7 Å². The molecule has 0 unspecified atom stereocenters. The first-order chi connectivity index (χ1) is 11.1. The number of hydrogen-bond donors (Lipinski definition) is 0. The Morgan fingerprint density at radius 3 is 1.52 bits per heavy atom. The molecule has 3 rings (SSSR count). The van der Waals surface area contributed by atoms with Crippen LogP contribution in [0.3, 0.4) is 0 Å². The highest BCUT2D eigenvalue weighted by Crippen LogP contribution is 2.21. The Kier molecular flexibility index (Phi) is 5.10. The van der Waals surface area contributed by atoms with Crippen molar-refractivity contribution in [3.8, 4) is 0 Å². The quantitative estimate of drug-likeness (QED) is 0.816. The Morgan fingerprint density at radius 2 is 1.13 bits per heavy atom. The third-order valence-corrected chi connectivity index (χ3v) is 5.54. The summed E-state index contributed by atoms with van der Waals surface area (Å²) in [5.74, 6) is 0.0541. The fourth-order valence-corrected chi connectivity index (χ4v) is 4.41. The first-order valence-corrected chi connectivity index (χ1v) is 9.46. The van der Waals surface area contributed by atoms with Crippen molar-refractivity contribution in [3.05, 3.63) is 71.8 Å². The van der Waals surface area contributed by atoms with Gasteiger partial charge in [-0.05, 0) is 11.1 Å². The lowest BCUT2D eigenvalue weighted by atomic mass is 10.2. The normalized spacial score (nSPS) is 23.0. The van der Waals surface area contributed by atoms with Gasteiger partial charge in [0.2, 0.25) is 0 Å². The fraction of sp³-hybridized carbons (Fsp3) is 0.333. The van der Waals surface area contributed by atoms with Crippen molar-refractivity contribution in [3.63, 3.8) is 0 Å². The van der Waals surface area contributed by atoms with Crippen LogP contribution in [-0.4, -0.2) is 32.1 Å². The number of sulfone groups is 1. The highest BCUT2D eigenvalue weighted by atomic mass is 32.2. The van der Waals surface area contributed by atoms with Crippen molar-refractivity contribution >= 4 is 9.84 Å². The van der Waals surface area contributed by atoms with Crippen molar-refractivity contribution in [2.24, 2.45) is 0 Å². The van der Waals surface area contributed by atoms with E-state index >= 15 is 0 Å². The monoisotopic (exact) mass is 332 g/mol. The first kappa shape index (κ1) is 16.2. The molecular weight excluding hydrogens is 312 g/mol. The summed E-state index contributed by atoms with van der Waals surface area (Å²) in [7, 11) is -3.10. The summed E-state index contributed by atoms with van der Waals surface area (Å²) in [4.78, 5) is 0. The van der Waals surface area contributed by atoms with E-state index in [9.17, 15) is 8.42 Å². The number of benzene rings is 2. The van der Waals surface area contributed by atoms with Gasteiger partial charge in [0, 0.05) is 0 Å². The van der Waals surface area contributed by atoms with Gasteiger partial charge in [-0.25, -0.2) is 8.42 Å². The van der Waals surface area contributed by atoms with Crippen LogP contribution in [0.25, 0.3) is 0 Å². The van der Waals surface area contributed by atoms with E-state index in [0.717, 1.165) is 11.1 Å². The van der Waals surface area contributed by atoms with Crippen molar-refractivity contribution < 1.29 is 17.9 Å². The highest BCUT2D eigenvalue weighted by Gasteiger charge is 2.39. The third-order valence-electron chi connectivity index (χ3n) is 3.86. The third kappa shape index (κ3) is 4.64. The molecule has 1 fully saturated rings. The van der Waals surface area contributed by atoms with E-state index in [4.69, 9.17) is 9.47 Å². The molecule has 122 valence electrons. The Labute approximate surface area is 137 Å². The van der Waals surface area contributed by atoms with Crippen LogP contribution in [0.4, 0.5) is 0 Å². The molecule has 2 aromatic rings. The van der Waals surface area contributed by atoms with Crippen LogP contribution >= 0.6 is 0 Å². The molecule has 0 radical (unpaired) electrons. The average molecular weight is 332 g/mol. The predicted molar refractivity (Wildman–Crippen MR) is 88.7 cm³/mol. The number of rotatable bonds is 6. The van der Waals surface area contributed by atoms with Crippen molar-refractivity contribution in [1.82, 2.24) is 0 Å². The summed E-state index contributed by atoms with van der Waals surface area (Å²) in [6.07, 6.45) is -0.826. The summed E-state index contributed by atoms with van der Waals surface area (Å²) in [6, 6.07) is 19.5. The molecule has 0 N–H and O–H groups in total. The van der Waals surface area contributed by atoms with Gasteiger partial charge >= 0.3 is 0 Å². The maximum atomic E-state index is 11.9. The molecule has 0 spiro atoms. The molecule has 0 bridgehead atoms. The van der Waals surface area contributed by atoms with Gasteiger partial charge in [-0.2, -0.15) is 0 Å². The zero-order valence-corrected chi connectivity index (χ0v) is 13.6. The molecular formula is C18H20O4S. The minimum absolute atomic E-state index is 0.0271. The lowest BCUT2D eigenvalue weighted by Gasteiger charge is -2.19. The van der Waals surface area contributed by atoms with Crippen molar-refractivity contribution in [2.45, 2.75) is 25.4 Å². The van der Waals surface area contributed by atoms with Crippen LogP contribution in [-0.2, 0) is 32.5 Å². The molecule has 1 aliphatic rings. The van der Waals surface area contributed by atoms with Gasteiger partial charge < -0.3 is 9.47 Å². The molecule has 0 saturated carbocycles. The highest BCUT2D eigenvalue weighted by molar-refractivity contribution is 7.91. The van der Waals surface area contributed by atoms with Gasteiger partial charge in [0.05, 0.1) is 36.9 Å². The van der Waals surface area contributed by atoms with Crippen LogP contribution in [0, 0.1) is 0 Å². The van der Waals surface area contributed by atoms with Crippen molar-refractivity contribution in [1.29, 1.82) is 0 Å². The van der Waals surface area contributed by atoms with Gasteiger partial charge in [0.25, 0.3) is 0 Å². The molecule has 4 nitrogen and oxygen atoms in total. The van der Waals surface area contributed by atoms with Gasteiger partial charge in [0.15, 0.2) is 9.84 Å². The molecule has 23 heavy (non-hydrogen) atoms. The minimum Gasteiger partial charge on any atom is -0.370 e. The molecule has 0 amide bonds. The Hall–Kier alpha value is -1.69. The Balaban J connectivity index is 1.60. The van der Waals surface area contributed by atoms with E-state index < -0.39 is 22.0 Å². The van der Waals surface area contributed by atoms with Gasteiger partial charge in [0.1, 0.15) is 0 Å². The Bertz CT molecular complexity index is 656. The lowest BCUT2D eigenvalue weighted by Crippen LogP contribution is -2.29. The van der Waals surface area contributed by atoms with Crippen LogP contribution in [0.2, 0.25) is 0 Å². The summed E-state index contributed by atoms with van der Waals surface area (Å²) in [5, 5.41) is 0. The van der Waals surface area contributed by atoms with E-state index in [0.29, 0.717) is 13.2 Å². The van der Waals surface area contributed by atoms with E-state index in [1.54, 1.807) is 0 Å². The van der Waals surface area contributed by atoms with E-state index in [1.807, 2.05) is 60.7 Å². The molecule has 2 atom stereocenters. The zero-order chi connectivity index (χ0) is 16.1. The average Bonchev–Trinajstić information content (AvgIpc) is 2.87. The molecule has 1 heterocycles. The van der Waals surface area contributed by atoms with Crippen LogP contribution in [0.1, 0.15) is 11.1 Å². The first-order valence-electron chi connectivity index (χ1n) is 7.64. The second-order valence-electron chi connectivity index (χ2n) is 5.75. The predicted octanol–water partition coefficient (Wildman–Crippen LogP) is 2.59. The summed E-state index contributed by atoms with van der Waals surface area (Å²) >= 11 is 0. The minimum atomic E-state index is -3.10. The summed E-state index contributed by atoms with van der Waals surface area (Å²) in [5.41, 5.74) is 2.05. The van der Waals surface area contributed by atoms with Gasteiger partial charge in [-0.15, -0.1) is 0 Å². The smallest absolute Gasteiger partial charge is 0.155 e. The second kappa shape index (κ2) is 7.25. The number of ether oxygens (including phenoxy) is 2. The van der Waals surface area contributed by atoms with E-state index in [2.05, 4.69) is 0 Å². The number of hydrogen-bond acceptors (Lipinski definition) is 4. The molecule has 5 heteroatoms. The largest absolute Gasteiger partial charge is 0.370 e. The summed E-state index contributed by atoms with van der Waals surface area (Å²) < 4.78 is 35.5. The second-order valence-corrected chi connectivity index (χ2v) is 7.90. The molecule has 1 aliphatic heterocycles. The maximum absolute atomic E-state index is 11.9. The van der Waals surface area contributed by atoms with E-state index in [-0.39, 0.29) is 11.5 Å². The van der Waals surface area contributed by atoms with Gasteiger partial charge in [-0.3, -0.25) is 0 Å². The van der Waals surface area contributed by atoms with Crippen LogP contribution < -0.4 is 0 Å². The zero-order valence-electron chi connectivity index (χ0n) is 12.8. The topological polar surface area (TPSA) is 52.6 Å². The summed E-state index contributed by atoms with van der Waals surface area (Å²) in [6.45, 7) is 0.790. The molecule has 0 aromatic heterocycles. The maximum Gasteiger partial charge on any atom is 0.155 e. The lowest BCUT2D eigenvalue weighted by molar-refractivity contribution is -0.0591. The standard InChI is InChI=1S/C18H20O4S/c19-23(20)13-17(21-11-15-7-3-1-4-8-15)18(14-23)22-12-16-9-5-2-6-10-16/h1-10,17-18H,11-14H2/t17-,18-/m1/s1. The SMILES string of the molecule is O=S1(=O)C[C@@H](OCc2ccccc2)[C@H](OCc2ccccc2)C1. The molecule has 0 aliphatic carbocycles.